The van der Waals surface area contributed by atoms with Crippen molar-refractivity contribution in [2.24, 2.45) is 0 Å². The van der Waals surface area contributed by atoms with E-state index in [1.165, 1.54) is 13.8 Å². The first-order valence-electron chi connectivity index (χ1n) is 2.82. The number of ether oxygens (including phenoxy) is 1. The predicted molar refractivity (Wildman–Crippen MR) is 37.5 cm³/mol. The Balaban J connectivity index is 4.32. The van der Waals surface area contributed by atoms with Gasteiger partial charge in [-0.05, 0) is 13.8 Å². The molecule has 0 aliphatic carbocycles. The predicted octanol–water partition coefficient (Wildman–Crippen LogP) is -0.519. The Morgan fingerprint density at radius 1 is 1.36 bits per heavy atom. The molecule has 5 nitrogen and oxygen atoms in total. The molecule has 0 amide bonds. The van der Waals surface area contributed by atoms with Crippen LogP contribution in [-0.2, 0) is 24.7 Å². The zero-order chi connectivity index (χ0) is 9.07. The van der Waals surface area contributed by atoms with Gasteiger partial charge in [0.05, 0.1) is 7.11 Å². The zero-order valence-electron chi connectivity index (χ0n) is 6.49. The third-order valence-electron chi connectivity index (χ3n) is 0.980. The van der Waals surface area contributed by atoms with Crippen LogP contribution in [0.4, 0.5) is 0 Å². The molecule has 0 spiro atoms. The molecule has 0 N–H and O–H groups in total. The van der Waals surface area contributed by atoms with Crippen LogP contribution in [0.1, 0.15) is 13.8 Å². The Kier molecular flexibility index (Phi) is 3.47. The van der Waals surface area contributed by atoms with Gasteiger partial charge >= 0.3 is 5.97 Å². The van der Waals surface area contributed by atoms with Crippen LogP contribution < -0.4 is 0 Å². The van der Waals surface area contributed by atoms with Crippen molar-refractivity contribution in [1.82, 2.24) is 0 Å². The van der Waals surface area contributed by atoms with Crippen molar-refractivity contribution < 1.29 is 22.1 Å². The lowest BCUT2D eigenvalue weighted by Crippen LogP contribution is -2.35. The van der Waals surface area contributed by atoms with E-state index in [1.807, 2.05) is 0 Å². The van der Waals surface area contributed by atoms with Crippen LogP contribution in [0.15, 0.2) is 0 Å². The number of hydrogen-bond donors (Lipinski definition) is 1. The molecule has 6 heteroatoms. The summed E-state index contributed by atoms with van der Waals surface area (Å²) in [5.74, 6) is -0.725. The van der Waals surface area contributed by atoms with Gasteiger partial charge in [-0.2, -0.15) is 0 Å². The Labute approximate surface area is 66.5 Å². The van der Waals surface area contributed by atoms with E-state index in [9.17, 15) is 13.2 Å². The van der Waals surface area contributed by atoms with E-state index in [1.54, 1.807) is 0 Å². The van der Waals surface area contributed by atoms with Gasteiger partial charge in [0.2, 0.25) is 0 Å². The molecule has 0 aliphatic rings. The highest BCUT2D eigenvalue weighted by molar-refractivity contribution is 7.67. The maximum atomic E-state index is 10.8. The maximum absolute atomic E-state index is 10.8. The van der Waals surface area contributed by atoms with Crippen molar-refractivity contribution in [1.29, 1.82) is 0 Å². The highest BCUT2D eigenvalue weighted by Crippen LogP contribution is 2.10. The summed E-state index contributed by atoms with van der Waals surface area (Å²) in [4.78, 5) is 10.8. The van der Waals surface area contributed by atoms with E-state index < -0.39 is 22.6 Å². The molecular weight excluding hydrogens is 172 g/mol. The SMILES string of the molecule is COC(=O)C(C)(C)O[SH](=O)=O. The van der Waals surface area contributed by atoms with Gasteiger partial charge in [0.1, 0.15) is 0 Å². The fourth-order valence-corrected chi connectivity index (χ4v) is 0.917. The number of hydrogen-bond acceptors (Lipinski definition) is 5. The minimum absolute atomic E-state index is 0.725. The van der Waals surface area contributed by atoms with Crippen LogP contribution in [0.2, 0.25) is 0 Å². The van der Waals surface area contributed by atoms with Crippen LogP contribution in [0.5, 0.6) is 0 Å². The topological polar surface area (TPSA) is 69.7 Å². The minimum atomic E-state index is -3.03. The molecule has 0 saturated heterocycles. The second-order valence-electron chi connectivity index (χ2n) is 2.32. The summed E-state index contributed by atoms with van der Waals surface area (Å²) in [6.45, 7) is 2.62. The fourth-order valence-electron chi connectivity index (χ4n) is 0.469. The van der Waals surface area contributed by atoms with E-state index in [-0.39, 0.29) is 0 Å². The third kappa shape index (κ3) is 3.33. The van der Waals surface area contributed by atoms with E-state index in [2.05, 4.69) is 8.92 Å². The van der Waals surface area contributed by atoms with Crippen LogP contribution in [0, 0.1) is 0 Å². The molecule has 0 unspecified atom stereocenters. The van der Waals surface area contributed by atoms with Gasteiger partial charge in [0.25, 0.3) is 11.0 Å². The molecule has 0 aromatic heterocycles. The molecule has 0 aliphatic heterocycles. The number of carbonyl (C=O) groups is 1. The first-order chi connectivity index (χ1) is 4.90. The van der Waals surface area contributed by atoms with E-state index in [4.69, 9.17) is 0 Å². The highest BCUT2D eigenvalue weighted by atomic mass is 32.2. The van der Waals surface area contributed by atoms with E-state index in [0.717, 1.165) is 7.11 Å². The van der Waals surface area contributed by atoms with Crippen LogP contribution >= 0.6 is 0 Å². The lowest BCUT2D eigenvalue weighted by molar-refractivity contribution is -0.155. The lowest BCUT2D eigenvalue weighted by Gasteiger charge is -2.16. The second-order valence-corrected chi connectivity index (χ2v) is 2.95. The van der Waals surface area contributed by atoms with Crippen molar-refractivity contribution >= 4 is 17.0 Å². The number of carbonyl (C=O) groups excluding carboxylic acids is 1. The normalized spacial score (nSPS) is 11.6. The molecule has 0 fully saturated rings. The monoisotopic (exact) mass is 182 g/mol. The first kappa shape index (κ1) is 10.4. The summed E-state index contributed by atoms with van der Waals surface area (Å²) < 4.78 is 28.6. The molecule has 0 bridgehead atoms. The first-order valence-corrected chi connectivity index (χ1v) is 3.91. The van der Waals surface area contributed by atoms with Crippen LogP contribution in [0.25, 0.3) is 0 Å². The number of thiol groups is 1. The van der Waals surface area contributed by atoms with E-state index in [0.29, 0.717) is 0 Å². The summed E-state index contributed by atoms with van der Waals surface area (Å²) in [6.07, 6.45) is 0. The average molecular weight is 182 g/mol. The largest absolute Gasteiger partial charge is 0.467 e. The minimum Gasteiger partial charge on any atom is -0.467 e. The van der Waals surface area contributed by atoms with Crippen molar-refractivity contribution in [3.63, 3.8) is 0 Å². The second kappa shape index (κ2) is 3.68. The number of methoxy groups -OCH3 is 1. The summed E-state index contributed by atoms with van der Waals surface area (Å²) in [6, 6.07) is 0. The molecule has 66 valence electrons. The van der Waals surface area contributed by atoms with Gasteiger partial charge in [-0.1, -0.05) is 0 Å². The molecule has 0 atom stereocenters. The summed E-state index contributed by atoms with van der Waals surface area (Å²) in [5, 5.41) is 0. The Morgan fingerprint density at radius 2 is 1.82 bits per heavy atom. The molecule has 0 aromatic carbocycles. The molecule has 0 radical (unpaired) electrons. The van der Waals surface area contributed by atoms with Crippen molar-refractivity contribution in [3.05, 3.63) is 0 Å². The maximum Gasteiger partial charge on any atom is 0.339 e. The quantitative estimate of drug-likeness (QED) is 0.470. The molecule has 11 heavy (non-hydrogen) atoms. The lowest BCUT2D eigenvalue weighted by atomic mass is 10.1. The van der Waals surface area contributed by atoms with Gasteiger partial charge < -0.3 is 4.74 Å². The average Bonchev–Trinajstić information content (AvgIpc) is 1.83. The molecule has 0 saturated carbocycles. The molecule has 0 heterocycles. The van der Waals surface area contributed by atoms with Crippen LogP contribution in [-0.4, -0.2) is 27.1 Å². The fraction of sp³-hybridized carbons (Fsp3) is 0.800. The van der Waals surface area contributed by atoms with E-state index >= 15 is 0 Å². The van der Waals surface area contributed by atoms with Crippen molar-refractivity contribution in [2.45, 2.75) is 19.4 Å². The Hall–Kier alpha value is -0.620. The van der Waals surface area contributed by atoms with Gasteiger partial charge in [0, 0.05) is 0 Å². The molecule has 0 rings (SSSR count). The van der Waals surface area contributed by atoms with Gasteiger partial charge in [0.15, 0.2) is 5.60 Å². The standard InChI is InChI=1S/C5H10O5S/c1-5(2,4(6)9-3)10-11(7)8/h11H,1-3H3. The Bertz CT molecular complexity index is 209. The van der Waals surface area contributed by atoms with Gasteiger partial charge in [-0.3, -0.25) is 4.18 Å². The van der Waals surface area contributed by atoms with Gasteiger partial charge in [-0.25, -0.2) is 13.2 Å². The molecule has 0 aromatic rings. The third-order valence-corrected chi connectivity index (χ3v) is 1.59. The summed E-state index contributed by atoms with van der Waals surface area (Å²) in [5.41, 5.74) is -1.43. The summed E-state index contributed by atoms with van der Waals surface area (Å²) in [7, 11) is -1.87. The number of rotatable bonds is 3. The Morgan fingerprint density at radius 3 is 2.09 bits per heavy atom. The summed E-state index contributed by atoms with van der Waals surface area (Å²) >= 11 is 0. The smallest absolute Gasteiger partial charge is 0.339 e. The van der Waals surface area contributed by atoms with Gasteiger partial charge in [-0.15, -0.1) is 0 Å². The molecular formula is C5H10O5S. The van der Waals surface area contributed by atoms with Crippen molar-refractivity contribution in [2.75, 3.05) is 7.11 Å². The van der Waals surface area contributed by atoms with Crippen LogP contribution in [0.3, 0.4) is 0 Å². The highest BCUT2D eigenvalue weighted by Gasteiger charge is 2.31. The number of esters is 1. The van der Waals surface area contributed by atoms with Crippen molar-refractivity contribution in [3.8, 4) is 0 Å². The zero-order valence-corrected chi connectivity index (χ0v) is 7.38.